The van der Waals surface area contributed by atoms with E-state index in [-0.39, 0.29) is 17.1 Å². The third-order valence-corrected chi connectivity index (χ3v) is 3.65. The molecule has 1 heterocycles. The maximum absolute atomic E-state index is 13.7. The Morgan fingerprint density at radius 1 is 1.28 bits per heavy atom. The minimum atomic E-state index is -0.670. The van der Waals surface area contributed by atoms with Crippen LogP contribution < -0.4 is 0 Å². The van der Waals surface area contributed by atoms with Crippen molar-refractivity contribution in [2.45, 2.75) is 6.54 Å². The van der Waals surface area contributed by atoms with E-state index in [4.69, 9.17) is 16.3 Å². The number of benzene rings is 1. The largest absolute Gasteiger partial charge is 0.452 e. The Morgan fingerprint density at radius 3 is 2.76 bits per heavy atom. The van der Waals surface area contributed by atoms with E-state index in [1.165, 1.54) is 36.2 Å². The highest BCUT2D eigenvalue weighted by Crippen LogP contribution is 2.20. The van der Waals surface area contributed by atoms with Gasteiger partial charge in [-0.15, -0.1) is 0 Å². The summed E-state index contributed by atoms with van der Waals surface area (Å²) in [6.07, 6.45) is 4.26. The summed E-state index contributed by atoms with van der Waals surface area (Å²) in [5, 5.41) is 0.231. The lowest BCUT2D eigenvalue weighted by Gasteiger charge is -2.18. The Labute approximate surface area is 149 Å². The van der Waals surface area contributed by atoms with Crippen molar-refractivity contribution in [1.82, 2.24) is 9.88 Å². The van der Waals surface area contributed by atoms with Crippen LogP contribution in [0.15, 0.2) is 48.7 Å². The Morgan fingerprint density at radius 2 is 2.08 bits per heavy atom. The van der Waals surface area contributed by atoms with E-state index >= 15 is 0 Å². The van der Waals surface area contributed by atoms with Crippen LogP contribution in [0.4, 0.5) is 4.39 Å². The van der Waals surface area contributed by atoms with E-state index in [1.807, 2.05) is 0 Å². The summed E-state index contributed by atoms with van der Waals surface area (Å²) >= 11 is 5.93. The lowest BCUT2D eigenvalue weighted by molar-refractivity contribution is -0.147. The number of carbonyl (C=O) groups excluding carboxylic acids is 2. The first-order chi connectivity index (χ1) is 12.0. The average Bonchev–Trinajstić information content (AvgIpc) is 2.61. The zero-order valence-electron chi connectivity index (χ0n) is 13.5. The van der Waals surface area contributed by atoms with E-state index in [0.29, 0.717) is 5.69 Å². The molecule has 0 unspecified atom stereocenters. The van der Waals surface area contributed by atoms with Crippen LogP contribution in [-0.2, 0) is 20.9 Å². The molecule has 0 bridgehead atoms. The highest BCUT2D eigenvalue weighted by atomic mass is 35.5. The molecule has 0 spiro atoms. The molecule has 1 aromatic carbocycles. The number of hydrogen-bond acceptors (Lipinski definition) is 4. The minimum absolute atomic E-state index is 0.0222. The Hall–Kier alpha value is -2.73. The van der Waals surface area contributed by atoms with Crippen molar-refractivity contribution in [1.29, 1.82) is 0 Å². The van der Waals surface area contributed by atoms with Gasteiger partial charge in [-0.25, -0.2) is 9.18 Å². The maximum atomic E-state index is 13.7. The zero-order chi connectivity index (χ0) is 18.2. The van der Waals surface area contributed by atoms with Crippen molar-refractivity contribution < 1.29 is 18.7 Å². The van der Waals surface area contributed by atoms with E-state index in [9.17, 15) is 14.0 Å². The van der Waals surface area contributed by atoms with Gasteiger partial charge in [0.05, 0.1) is 5.69 Å². The van der Waals surface area contributed by atoms with Gasteiger partial charge in [-0.05, 0) is 30.3 Å². The fourth-order valence-electron chi connectivity index (χ4n) is 1.93. The summed E-state index contributed by atoms with van der Waals surface area (Å²) in [5.41, 5.74) is 0.804. The van der Waals surface area contributed by atoms with Crippen LogP contribution in [0.25, 0.3) is 6.08 Å². The Balaban J connectivity index is 1.85. The molecule has 0 saturated carbocycles. The normalized spacial score (nSPS) is 10.7. The maximum Gasteiger partial charge on any atom is 0.331 e. The van der Waals surface area contributed by atoms with E-state index < -0.39 is 24.3 Å². The van der Waals surface area contributed by atoms with Crippen molar-refractivity contribution in [3.05, 3.63) is 70.8 Å². The smallest absolute Gasteiger partial charge is 0.331 e. The van der Waals surface area contributed by atoms with Crippen LogP contribution in [-0.4, -0.2) is 35.4 Å². The molecule has 0 aliphatic carbocycles. The molecule has 0 saturated heterocycles. The molecule has 2 aromatic rings. The molecule has 130 valence electrons. The minimum Gasteiger partial charge on any atom is -0.452 e. The molecular formula is C18H16ClFN2O3. The number of ether oxygens (including phenoxy) is 1. The number of esters is 1. The quantitative estimate of drug-likeness (QED) is 0.585. The molecule has 1 amide bonds. The summed E-state index contributed by atoms with van der Waals surface area (Å²) in [6.45, 7) is -0.473. The van der Waals surface area contributed by atoms with E-state index in [1.54, 1.807) is 30.5 Å². The molecule has 0 aliphatic heterocycles. The van der Waals surface area contributed by atoms with Crippen molar-refractivity contribution in [3.63, 3.8) is 0 Å². The molecule has 0 aliphatic rings. The van der Waals surface area contributed by atoms with Gasteiger partial charge >= 0.3 is 5.97 Å². The van der Waals surface area contributed by atoms with E-state index in [0.717, 1.165) is 0 Å². The van der Waals surface area contributed by atoms with Gasteiger partial charge < -0.3 is 9.64 Å². The van der Waals surface area contributed by atoms with Gasteiger partial charge in [0.1, 0.15) is 5.82 Å². The van der Waals surface area contributed by atoms with Crippen molar-refractivity contribution in [2.75, 3.05) is 13.7 Å². The first kappa shape index (κ1) is 18.6. The van der Waals surface area contributed by atoms with Crippen molar-refractivity contribution in [2.24, 2.45) is 0 Å². The first-order valence-electron chi connectivity index (χ1n) is 7.40. The molecule has 2 rings (SSSR count). The van der Waals surface area contributed by atoms with Gasteiger partial charge in [0.2, 0.25) is 0 Å². The molecule has 0 radical (unpaired) electrons. The molecule has 25 heavy (non-hydrogen) atoms. The first-order valence-corrected chi connectivity index (χ1v) is 7.78. The van der Waals surface area contributed by atoms with Crippen molar-refractivity contribution in [3.8, 4) is 0 Å². The van der Waals surface area contributed by atoms with Gasteiger partial charge in [-0.2, -0.15) is 0 Å². The number of likely N-dealkylation sites (N-methyl/N-ethyl adjacent to an activating group) is 1. The number of carbonyl (C=O) groups is 2. The number of hydrogen-bond donors (Lipinski definition) is 0. The number of halogens is 2. The van der Waals surface area contributed by atoms with Crippen LogP contribution in [0, 0.1) is 5.82 Å². The van der Waals surface area contributed by atoms with Gasteiger partial charge in [0.25, 0.3) is 5.91 Å². The highest BCUT2D eigenvalue weighted by Gasteiger charge is 2.15. The van der Waals surface area contributed by atoms with Gasteiger partial charge in [-0.3, -0.25) is 9.78 Å². The molecule has 0 N–H and O–H groups in total. The van der Waals surface area contributed by atoms with Crippen LogP contribution in [0.3, 0.4) is 0 Å². The standard InChI is InChI=1S/C18H16ClFN2O3/c1-22(11-14-15(19)6-4-7-16(14)20)17(23)12-25-18(24)9-8-13-5-2-3-10-21-13/h2-10H,11-12H2,1H3. The number of nitrogens with zero attached hydrogens (tertiary/aromatic N) is 2. The topological polar surface area (TPSA) is 59.5 Å². The average molecular weight is 363 g/mol. The van der Waals surface area contributed by atoms with Gasteiger partial charge in [0.15, 0.2) is 6.61 Å². The summed E-state index contributed by atoms with van der Waals surface area (Å²) in [5.74, 6) is -1.64. The number of aromatic nitrogens is 1. The van der Waals surface area contributed by atoms with Crippen molar-refractivity contribution >= 4 is 29.6 Å². The Kier molecular flexibility index (Phi) is 6.65. The monoisotopic (exact) mass is 362 g/mol. The second kappa shape index (κ2) is 8.94. The summed E-state index contributed by atoms with van der Waals surface area (Å²) < 4.78 is 18.6. The molecule has 7 heteroatoms. The summed E-state index contributed by atoms with van der Waals surface area (Å²) in [6, 6.07) is 9.55. The predicted molar refractivity (Wildman–Crippen MR) is 92.1 cm³/mol. The SMILES string of the molecule is CN(Cc1c(F)cccc1Cl)C(=O)COC(=O)C=Cc1ccccn1. The predicted octanol–water partition coefficient (Wildman–Crippen LogP) is 3.09. The molecular weight excluding hydrogens is 347 g/mol. The third kappa shape index (κ3) is 5.69. The van der Waals surface area contributed by atoms with Crippen LogP contribution >= 0.6 is 11.6 Å². The number of rotatable bonds is 6. The lowest BCUT2D eigenvalue weighted by Crippen LogP contribution is -2.31. The summed E-state index contributed by atoms with van der Waals surface area (Å²) in [7, 11) is 1.47. The third-order valence-electron chi connectivity index (χ3n) is 3.30. The fraction of sp³-hybridized carbons (Fsp3) is 0.167. The van der Waals surface area contributed by atoms with Gasteiger partial charge in [-0.1, -0.05) is 23.7 Å². The zero-order valence-corrected chi connectivity index (χ0v) is 14.2. The van der Waals surface area contributed by atoms with Crippen LogP contribution in [0.5, 0.6) is 0 Å². The van der Waals surface area contributed by atoms with Gasteiger partial charge in [0, 0.05) is 36.5 Å². The van der Waals surface area contributed by atoms with Crippen LogP contribution in [0.2, 0.25) is 5.02 Å². The number of pyridine rings is 1. The second-order valence-electron chi connectivity index (χ2n) is 5.15. The fourth-order valence-corrected chi connectivity index (χ4v) is 2.15. The lowest BCUT2D eigenvalue weighted by atomic mass is 10.2. The molecule has 0 atom stereocenters. The molecule has 5 nitrogen and oxygen atoms in total. The Bertz CT molecular complexity index is 761. The highest BCUT2D eigenvalue weighted by molar-refractivity contribution is 6.31. The summed E-state index contributed by atoms with van der Waals surface area (Å²) in [4.78, 5) is 28.9. The molecule has 0 fully saturated rings. The second-order valence-corrected chi connectivity index (χ2v) is 5.55. The van der Waals surface area contributed by atoms with Crippen LogP contribution in [0.1, 0.15) is 11.3 Å². The number of amides is 1. The molecule has 1 aromatic heterocycles. The van der Waals surface area contributed by atoms with E-state index in [2.05, 4.69) is 4.98 Å².